The van der Waals surface area contributed by atoms with Crippen LogP contribution in [0.2, 0.25) is 0 Å². The van der Waals surface area contributed by atoms with Crippen molar-refractivity contribution in [3.05, 3.63) is 47.8 Å². The van der Waals surface area contributed by atoms with E-state index in [0.29, 0.717) is 31.6 Å². The van der Waals surface area contributed by atoms with Crippen LogP contribution in [-0.2, 0) is 23.1 Å². The van der Waals surface area contributed by atoms with Gasteiger partial charge in [-0.1, -0.05) is 18.2 Å². The molecule has 1 aromatic carbocycles. The SMILES string of the molecule is CN(CCC[C@H]1C(=O)N(C)CCCCc2ccccc2OCC(=O)N1C)C(=O)c1ccnn1C. The molecule has 3 amide bonds. The number of fused-ring (bicyclic) bond motifs is 1. The highest BCUT2D eigenvalue weighted by atomic mass is 16.5. The van der Waals surface area contributed by atoms with Gasteiger partial charge in [0.25, 0.3) is 11.8 Å². The van der Waals surface area contributed by atoms with Gasteiger partial charge in [-0.05, 0) is 49.8 Å². The lowest BCUT2D eigenvalue weighted by Gasteiger charge is -2.31. The number of aromatic nitrogens is 2. The number of rotatable bonds is 5. The molecular weight excluding hydrogens is 434 g/mol. The van der Waals surface area contributed by atoms with E-state index in [2.05, 4.69) is 5.10 Å². The van der Waals surface area contributed by atoms with Crippen LogP contribution in [0, 0.1) is 0 Å². The van der Waals surface area contributed by atoms with Gasteiger partial charge in [-0.2, -0.15) is 5.10 Å². The maximum Gasteiger partial charge on any atom is 0.271 e. The van der Waals surface area contributed by atoms with E-state index in [9.17, 15) is 14.4 Å². The summed E-state index contributed by atoms with van der Waals surface area (Å²) >= 11 is 0. The monoisotopic (exact) mass is 469 g/mol. The summed E-state index contributed by atoms with van der Waals surface area (Å²) < 4.78 is 7.38. The Bertz CT molecular complexity index is 1000. The molecule has 1 aliphatic rings. The van der Waals surface area contributed by atoms with E-state index in [1.165, 1.54) is 9.58 Å². The minimum Gasteiger partial charge on any atom is -0.483 e. The van der Waals surface area contributed by atoms with Crippen molar-refractivity contribution in [1.29, 1.82) is 0 Å². The third kappa shape index (κ3) is 6.15. The Morgan fingerprint density at radius 1 is 1.15 bits per heavy atom. The van der Waals surface area contributed by atoms with Crippen molar-refractivity contribution < 1.29 is 19.1 Å². The van der Waals surface area contributed by atoms with Crippen LogP contribution in [0.1, 0.15) is 41.7 Å². The molecule has 0 aliphatic carbocycles. The lowest BCUT2D eigenvalue weighted by molar-refractivity contribution is -0.145. The predicted octanol–water partition coefficient (Wildman–Crippen LogP) is 1.97. The normalized spacial score (nSPS) is 17.8. The summed E-state index contributed by atoms with van der Waals surface area (Å²) in [5.41, 5.74) is 1.58. The number of likely N-dealkylation sites (N-methyl/N-ethyl adjacent to an activating group) is 2. The van der Waals surface area contributed by atoms with Gasteiger partial charge in [0, 0.05) is 47.5 Å². The smallest absolute Gasteiger partial charge is 0.271 e. The predicted molar refractivity (Wildman–Crippen MR) is 128 cm³/mol. The number of hydrogen-bond acceptors (Lipinski definition) is 5. The van der Waals surface area contributed by atoms with Gasteiger partial charge in [0.15, 0.2) is 6.61 Å². The molecule has 1 aliphatic heterocycles. The van der Waals surface area contributed by atoms with Crippen LogP contribution in [0.15, 0.2) is 36.5 Å². The quantitative estimate of drug-likeness (QED) is 0.668. The van der Waals surface area contributed by atoms with Crippen LogP contribution < -0.4 is 4.74 Å². The largest absolute Gasteiger partial charge is 0.483 e. The van der Waals surface area contributed by atoms with Crippen LogP contribution >= 0.6 is 0 Å². The molecular formula is C25H35N5O4. The fourth-order valence-electron chi connectivity index (χ4n) is 4.18. The summed E-state index contributed by atoms with van der Waals surface area (Å²) in [4.78, 5) is 43.7. The van der Waals surface area contributed by atoms with E-state index in [0.717, 1.165) is 30.6 Å². The Balaban J connectivity index is 1.67. The van der Waals surface area contributed by atoms with Crippen molar-refractivity contribution >= 4 is 17.7 Å². The first-order valence-corrected chi connectivity index (χ1v) is 11.7. The standard InChI is InChI=1S/C25H35N5O4/c1-27-16-8-7-11-19-10-5-6-13-22(19)34-18-23(31)29(3)20(24(27)32)12-9-17-28(2)25(33)21-14-15-26-30(21)4/h5-6,10,13-15,20H,7-9,11-12,16-18H2,1-4H3/t20-/m0/s1. The molecule has 3 rings (SSSR count). The van der Waals surface area contributed by atoms with Crippen LogP contribution in [-0.4, -0.2) is 89.1 Å². The molecule has 9 nitrogen and oxygen atoms in total. The first-order chi connectivity index (χ1) is 16.3. The summed E-state index contributed by atoms with van der Waals surface area (Å²) in [5.74, 6) is 0.248. The van der Waals surface area contributed by atoms with E-state index >= 15 is 0 Å². The fourth-order valence-corrected chi connectivity index (χ4v) is 4.18. The third-order valence-electron chi connectivity index (χ3n) is 6.39. The number of carbonyl (C=O) groups excluding carboxylic acids is 3. The second-order valence-electron chi connectivity index (χ2n) is 8.84. The second-order valence-corrected chi connectivity index (χ2v) is 8.84. The Kier molecular flexibility index (Phi) is 8.67. The van der Waals surface area contributed by atoms with Crippen molar-refractivity contribution in [2.24, 2.45) is 7.05 Å². The lowest BCUT2D eigenvalue weighted by atomic mass is 10.1. The van der Waals surface area contributed by atoms with E-state index < -0.39 is 6.04 Å². The van der Waals surface area contributed by atoms with Gasteiger partial charge in [-0.15, -0.1) is 0 Å². The molecule has 0 N–H and O–H groups in total. The number of hydrogen-bond donors (Lipinski definition) is 0. The van der Waals surface area contributed by atoms with Crippen LogP contribution in [0.25, 0.3) is 0 Å². The number of ether oxygens (including phenoxy) is 1. The Morgan fingerprint density at radius 3 is 2.65 bits per heavy atom. The van der Waals surface area contributed by atoms with Gasteiger partial charge in [0.05, 0.1) is 0 Å². The number of carbonyl (C=O) groups is 3. The van der Waals surface area contributed by atoms with E-state index in [4.69, 9.17) is 4.74 Å². The summed E-state index contributed by atoms with van der Waals surface area (Å²) in [5, 5.41) is 4.04. The summed E-state index contributed by atoms with van der Waals surface area (Å²) in [6, 6.07) is 8.83. The van der Waals surface area contributed by atoms with Crippen LogP contribution in [0.5, 0.6) is 5.75 Å². The maximum absolute atomic E-state index is 13.3. The van der Waals surface area contributed by atoms with Crippen molar-refractivity contribution in [2.45, 2.75) is 38.1 Å². The molecule has 0 fully saturated rings. The van der Waals surface area contributed by atoms with Gasteiger partial charge >= 0.3 is 0 Å². The molecule has 0 saturated carbocycles. The summed E-state index contributed by atoms with van der Waals surface area (Å²) in [7, 11) is 6.89. The minimum absolute atomic E-state index is 0.0896. The third-order valence-corrected chi connectivity index (χ3v) is 6.39. The van der Waals surface area contributed by atoms with Crippen molar-refractivity contribution in [1.82, 2.24) is 24.5 Å². The average Bonchev–Trinajstić information content (AvgIpc) is 3.27. The molecule has 1 aromatic heterocycles. The zero-order chi connectivity index (χ0) is 24.7. The van der Waals surface area contributed by atoms with Crippen molar-refractivity contribution in [2.75, 3.05) is 40.8 Å². The van der Waals surface area contributed by atoms with E-state index in [1.807, 2.05) is 24.3 Å². The average molecular weight is 470 g/mol. The van der Waals surface area contributed by atoms with Gasteiger partial charge in [-0.3, -0.25) is 19.1 Å². The van der Waals surface area contributed by atoms with E-state index in [-0.39, 0.29) is 24.3 Å². The van der Waals surface area contributed by atoms with Gasteiger partial charge in [-0.25, -0.2) is 0 Å². The molecule has 34 heavy (non-hydrogen) atoms. The second kappa shape index (κ2) is 11.7. The number of benzene rings is 1. The van der Waals surface area contributed by atoms with Crippen molar-refractivity contribution in [3.8, 4) is 5.75 Å². The Hall–Kier alpha value is -3.36. The van der Waals surface area contributed by atoms with E-state index in [1.54, 1.807) is 50.3 Å². The number of nitrogens with zero attached hydrogens (tertiary/aromatic N) is 5. The minimum atomic E-state index is -0.614. The summed E-state index contributed by atoms with van der Waals surface area (Å²) in [6.45, 7) is 0.961. The lowest BCUT2D eigenvalue weighted by Crippen LogP contribution is -2.50. The highest BCUT2D eigenvalue weighted by Gasteiger charge is 2.30. The molecule has 2 heterocycles. The Morgan fingerprint density at radius 2 is 1.91 bits per heavy atom. The molecule has 0 spiro atoms. The van der Waals surface area contributed by atoms with Crippen LogP contribution in [0.3, 0.4) is 0 Å². The molecule has 0 saturated heterocycles. The Labute approximate surface area is 201 Å². The van der Waals surface area contributed by atoms with Crippen molar-refractivity contribution in [3.63, 3.8) is 0 Å². The molecule has 0 unspecified atom stereocenters. The molecule has 184 valence electrons. The topological polar surface area (TPSA) is 88.0 Å². The molecule has 0 radical (unpaired) electrons. The van der Waals surface area contributed by atoms with Gasteiger partial charge < -0.3 is 19.4 Å². The molecule has 2 aromatic rings. The van der Waals surface area contributed by atoms with Gasteiger partial charge in [0.2, 0.25) is 5.91 Å². The highest BCUT2D eigenvalue weighted by molar-refractivity contribution is 5.92. The highest BCUT2D eigenvalue weighted by Crippen LogP contribution is 2.21. The molecule has 0 bridgehead atoms. The zero-order valence-corrected chi connectivity index (χ0v) is 20.6. The fraction of sp³-hybridized carbons (Fsp3) is 0.520. The van der Waals surface area contributed by atoms with Gasteiger partial charge in [0.1, 0.15) is 17.5 Å². The van der Waals surface area contributed by atoms with Crippen LogP contribution in [0.4, 0.5) is 0 Å². The summed E-state index contributed by atoms with van der Waals surface area (Å²) in [6.07, 6.45) is 5.24. The number of para-hydroxylation sites is 1. The number of aryl methyl sites for hydroxylation is 2. The maximum atomic E-state index is 13.3. The molecule has 9 heteroatoms. The zero-order valence-electron chi connectivity index (χ0n) is 20.6. The first kappa shape index (κ1) is 25.3. The first-order valence-electron chi connectivity index (χ1n) is 11.7. The molecule has 1 atom stereocenters. The number of amides is 3.